The average molecular weight is 224 g/mol. The molecule has 1 atom stereocenters. The van der Waals surface area contributed by atoms with Gasteiger partial charge in [-0.2, -0.15) is 0 Å². The van der Waals surface area contributed by atoms with Gasteiger partial charge in [0.1, 0.15) is 5.75 Å². The summed E-state index contributed by atoms with van der Waals surface area (Å²) in [7, 11) is 0. The van der Waals surface area contributed by atoms with Crippen LogP contribution >= 0.6 is 11.6 Å². The second-order valence-electron chi connectivity index (χ2n) is 3.28. The zero-order valence-corrected chi connectivity index (χ0v) is 9.38. The molecule has 1 aromatic rings. The van der Waals surface area contributed by atoms with Crippen molar-refractivity contribution in [3.05, 3.63) is 28.8 Å². The van der Waals surface area contributed by atoms with Crippen molar-refractivity contribution in [3.63, 3.8) is 0 Å². The predicted molar refractivity (Wildman–Crippen MR) is 62.9 cm³/mol. The minimum Gasteiger partial charge on any atom is -0.508 e. The summed E-state index contributed by atoms with van der Waals surface area (Å²) in [4.78, 5) is 0. The molecule has 2 nitrogen and oxygen atoms in total. The number of rotatable bonds is 4. The highest BCUT2D eigenvalue weighted by Crippen LogP contribution is 2.21. The molecule has 1 rings (SSSR count). The van der Waals surface area contributed by atoms with E-state index >= 15 is 0 Å². The summed E-state index contributed by atoms with van der Waals surface area (Å²) < 4.78 is 0. The van der Waals surface area contributed by atoms with Crippen molar-refractivity contribution in [1.82, 2.24) is 5.32 Å². The third-order valence-electron chi connectivity index (χ3n) is 2.19. The number of phenolic OH excluding ortho intramolecular Hbond substituents is 1. The Morgan fingerprint density at radius 3 is 2.93 bits per heavy atom. The molecule has 0 saturated carbocycles. The zero-order valence-electron chi connectivity index (χ0n) is 8.63. The first-order chi connectivity index (χ1) is 7.17. The van der Waals surface area contributed by atoms with E-state index in [2.05, 4.69) is 11.2 Å². The first-order valence-corrected chi connectivity index (χ1v) is 5.22. The van der Waals surface area contributed by atoms with Crippen molar-refractivity contribution >= 4 is 11.6 Å². The van der Waals surface area contributed by atoms with Crippen molar-refractivity contribution < 1.29 is 5.11 Å². The van der Waals surface area contributed by atoms with Crippen LogP contribution in [0.4, 0.5) is 0 Å². The van der Waals surface area contributed by atoms with E-state index in [0.29, 0.717) is 11.6 Å². The number of halogens is 1. The van der Waals surface area contributed by atoms with E-state index in [0.717, 1.165) is 12.0 Å². The van der Waals surface area contributed by atoms with E-state index in [1.807, 2.05) is 6.92 Å². The number of aromatic hydroxyl groups is 1. The van der Waals surface area contributed by atoms with E-state index < -0.39 is 0 Å². The highest BCUT2D eigenvalue weighted by molar-refractivity contribution is 6.30. The molecule has 0 saturated heterocycles. The van der Waals surface area contributed by atoms with Gasteiger partial charge < -0.3 is 5.11 Å². The largest absolute Gasteiger partial charge is 0.508 e. The van der Waals surface area contributed by atoms with Crippen molar-refractivity contribution in [3.8, 4) is 18.1 Å². The van der Waals surface area contributed by atoms with Gasteiger partial charge in [0.15, 0.2) is 0 Å². The lowest BCUT2D eigenvalue weighted by molar-refractivity contribution is 0.462. The molecule has 0 bridgehead atoms. The van der Waals surface area contributed by atoms with Crippen LogP contribution in [0.15, 0.2) is 18.2 Å². The molecule has 0 heterocycles. The Balaban J connectivity index is 2.65. The van der Waals surface area contributed by atoms with Crippen LogP contribution in [-0.4, -0.2) is 11.1 Å². The van der Waals surface area contributed by atoms with Gasteiger partial charge in [-0.3, -0.25) is 5.32 Å². The summed E-state index contributed by atoms with van der Waals surface area (Å²) in [5.41, 5.74) is 0.760. The first-order valence-electron chi connectivity index (χ1n) is 4.84. The number of benzene rings is 1. The van der Waals surface area contributed by atoms with Gasteiger partial charge in [0.05, 0.1) is 6.04 Å². The van der Waals surface area contributed by atoms with Crippen molar-refractivity contribution in [2.24, 2.45) is 0 Å². The average Bonchev–Trinajstić information content (AvgIpc) is 2.24. The summed E-state index contributed by atoms with van der Waals surface area (Å²) in [6.45, 7) is 2.53. The Hall–Kier alpha value is -1.17. The minimum absolute atomic E-state index is 0.0309. The second kappa shape index (κ2) is 5.65. The number of hydrogen-bond acceptors (Lipinski definition) is 2. The summed E-state index contributed by atoms with van der Waals surface area (Å²) in [6, 6.07) is 4.99. The van der Waals surface area contributed by atoms with Crippen molar-refractivity contribution in [1.29, 1.82) is 0 Å². The zero-order chi connectivity index (χ0) is 11.3. The Morgan fingerprint density at radius 1 is 1.60 bits per heavy atom. The van der Waals surface area contributed by atoms with Gasteiger partial charge in [-0.05, 0) is 24.6 Å². The summed E-state index contributed by atoms with van der Waals surface area (Å²) >= 11 is 5.82. The molecule has 0 aromatic heterocycles. The van der Waals surface area contributed by atoms with Crippen LogP contribution in [0.3, 0.4) is 0 Å². The van der Waals surface area contributed by atoms with E-state index in [1.54, 1.807) is 18.2 Å². The maximum atomic E-state index is 9.54. The normalized spacial score (nSPS) is 12.1. The highest BCUT2D eigenvalue weighted by atomic mass is 35.5. The van der Waals surface area contributed by atoms with Crippen LogP contribution < -0.4 is 5.32 Å². The summed E-state index contributed by atoms with van der Waals surface area (Å²) in [5.74, 6) is 2.87. The smallest absolute Gasteiger partial charge is 0.120 e. The fourth-order valence-electron chi connectivity index (χ4n) is 1.25. The maximum Gasteiger partial charge on any atom is 0.120 e. The molecule has 0 radical (unpaired) electrons. The maximum absolute atomic E-state index is 9.54. The molecule has 0 fully saturated rings. The van der Waals surface area contributed by atoms with Crippen LogP contribution in [0.1, 0.15) is 18.9 Å². The standard InChI is InChI=1S/C12H14ClNO/c1-3-11(4-2)14-8-9-7-10(13)5-6-12(9)15/h1,5-7,11,14-15H,4,8H2,2H3. The lowest BCUT2D eigenvalue weighted by atomic mass is 10.1. The quantitative estimate of drug-likeness (QED) is 0.769. The molecule has 15 heavy (non-hydrogen) atoms. The lowest BCUT2D eigenvalue weighted by Crippen LogP contribution is -2.26. The van der Waals surface area contributed by atoms with Gasteiger partial charge in [-0.15, -0.1) is 6.42 Å². The van der Waals surface area contributed by atoms with Crippen molar-refractivity contribution in [2.45, 2.75) is 25.9 Å². The Labute approximate surface area is 95.3 Å². The van der Waals surface area contributed by atoms with Gasteiger partial charge in [0, 0.05) is 17.1 Å². The SMILES string of the molecule is C#CC(CC)NCc1cc(Cl)ccc1O. The van der Waals surface area contributed by atoms with Crippen LogP contribution in [0, 0.1) is 12.3 Å². The molecular formula is C12H14ClNO. The van der Waals surface area contributed by atoms with E-state index in [9.17, 15) is 5.11 Å². The fraction of sp³-hybridized carbons (Fsp3) is 0.333. The number of terminal acetylenes is 1. The highest BCUT2D eigenvalue weighted by Gasteiger charge is 2.05. The Morgan fingerprint density at radius 2 is 2.33 bits per heavy atom. The molecule has 0 aliphatic rings. The molecule has 3 heteroatoms. The Bertz CT molecular complexity index is 370. The molecule has 80 valence electrons. The molecule has 2 N–H and O–H groups in total. The topological polar surface area (TPSA) is 32.3 Å². The number of phenols is 1. The van der Waals surface area contributed by atoms with E-state index in [-0.39, 0.29) is 11.8 Å². The van der Waals surface area contributed by atoms with Gasteiger partial charge in [-0.1, -0.05) is 24.4 Å². The van der Waals surface area contributed by atoms with Crippen molar-refractivity contribution in [2.75, 3.05) is 0 Å². The number of hydrogen-bond donors (Lipinski definition) is 2. The summed E-state index contributed by atoms with van der Waals surface area (Å²) in [6.07, 6.45) is 6.17. The third kappa shape index (κ3) is 3.47. The molecule has 0 aliphatic carbocycles. The minimum atomic E-state index is 0.0309. The third-order valence-corrected chi connectivity index (χ3v) is 2.42. The van der Waals surface area contributed by atoms with Crippen LogP contribution in [0.25, 0.3) is 0 Å². The monoisotopic (exact) mass is 223 g/mol. The Kier molecular flexibility index (Phi) is 4.48. The predicted octanol–water partition coefficient (Wildman–Crippen LogP) is 2.55. The van der Waals surface area contributed by atoms with Crippen LogP contribution in [0.5, 0.6) is 5.75 Å². The molecule has 1 aromatic carbocycles. The van der Waals surface area contributed by atoms with E-state index in [4.69, 9.17) is 18.0 Å². The molecule has 0 spiro atoms. The lowest BCUT2D eigenvalue weighted by Gasteiger charge is -2.11. The summed E-state index contributed by atoms with van der Waals surface area (Å²) in [5, 5.41) is 13.3. The van der Waals surface area contributed by atoms with Gasteiger partial charge in [-0.25, -0.2) is 0 Å². The second-order valence-corrected chi connectivity index (χ2v) is 3.72. The first kappa shape index (κ1) is 11.9. The number of nitrogens with one attached hydrogen (secondary N) is 1. The fourth-order valence-corrected chi connectivity index (χ4v) is 1.44. The van der Waals surface area contributed by atoms with E-state index in [1.165, 1.54) is 0 Å². The molecular weight excluding hydrogens is 210 g/mol. The van der Waals surface area contributed by atoms with Gasteiger partial charge in [0.25, 0.3) is 0 Å². The van der Waals surface area contributed by atoms with Gasteiger partial charge >= 0.3 is 0 Å². The molecule has 0 amide bonds. The van der Waals surface area contributed by atoms with Crippen LogP contribution in [-0.2, 0) is 6.54 Å². The molecule has 0 aliphatic heterocycles. The van der Waals surface area contributed by atoms with Crippen LogP contribution in [0.2, 0.25) is 5.02 Å². The molecule has 1 unspecified atom stereocenters. The van der Waals surface area contributed by atoms with Gasteiger partial charge in [0.2, 0.25) is 0 Å².